The highest BCUT2D eigenvalue weighted by Crippen LogP contribution is 2.23. The van der Waals surface area contributed by atoms with Crippen LogP contribution in [0.1, 0.15) is 62.8 Å². The van der Waals surface area contributed by atoms with Crippen molar-refractivity contribution in [2.24, 2.45) is 32.4 Å². The number of nitrogens with zero attached hydrogens (tertiary/aromatic N) is 4. The fourth-order valence-corrected chi connectivity index (χ4v) is 4.91. The van der Waals surface area contributed by atoms with Gasteiger partial charge in [-0.05, 0) is 94.7 Å². The standard InChI is InChI=1S/C35H41F2N7.CH5N/c1-6-8-33(42-24(4)28-13-14-30(36)31(37)19-28)35(43-29(20-38)22-40-5)17-25-9-11-27(12-10-25)32(7-2)44-34(23(3)39)18-26-15-16-41-21-26;1-2/h7-14,19,22,24,26,41-42H,3,5-6,15-18,21,39H2,1-2,4H3;2H2,1H3/b29-22-,32-7-,33-8?,43-35?,44-34?;. The van der Waals surface area contributed by atoms with Crippen molar-refractivity contribution < 1.29 is 8.78 Å². The van der Waals surface area contributed by atoms with Crippen molar-refractivity contribution >= 4 is 23.8 Å². The van der Waals surface area contributed by atoms with Gasteiger partial charge in [-0.25, -0.2) is 13.8 Å². The number of halogens is 2. The van der Waals surface area contributed by atoms with Crippen LogP contribution in [0.3, 0.4) is 0 Å². The molecule has 8 nitrogen and oxygen atoms in total. The summed E-state index contributed by atoms with van der Waals surface area (Å²) in [5, 5.41) is 16.4. The fraction of sp³-hybridized carbons (Fsp3) is 0.333. The molecule has 0 saturated carbocycles. The van der Waals surface area contributed by atoms with Gasteiger partial charge in [-0.3, -0.25) is 9.98 Å². The lowest BCUT2D eigenvalue weighted by molar-refractivity contribution is 0.504. The minimum absolute atomic E-state index is 0.0912. The number of hydrogen-bond acceptors (Lipinski definition) is 8. The average Bonchev–Trinajstić information content (AvgIpc) is 3.58. The van der Waals surface area contributed by atoms with Gasteiger partial charge in [-0.2, -0.15) is 5.26 Å². The SMILES string of the molecule is C=N/C=C(/C#N)N=C(Cc1ccc(/C(=C/C)N=C(CC2CCNC2)C(=C)N)cc1)C(=CCC)NC(C)c1ccc(F)c(F)c1.CN. The molecule has 6 N–H and O–H groups in total. The summed E-state index contributed by atoms with van der Waals surface area (Å²) in [6.45, 7) is 15.1. The summed E-state index contributed by atoms with van der Waals surface area (Å²) < 4.78 is 27.5. The Morgan fingerprint density at radius 3 is 2.41 bits per heavy atom. The molecule has 1 heterocycles. The molecule has 2 aromatic rings. The largest absolute Gasteiger partial charge is 0.398 e. The van der Waals surface area contributed by atoms with E-state index in [-0.39, 0.29) is 11.7 Å². The van der Waals surface area contributed by atoms with Gasteiger partial charge in [0.1, 0.15) is 6.07 Å². The van der Waals surface area contributed by atoms with E-state index in [2.05, 4.69) is 39.6 Å². The summed E-state index contributed by atoms with van der Waals surface area (Å²) >= 11 is 0. The topological polar surface area (TPSA) is 137 Å². The highest BCUT2D eigenvalue weighted by Gasteiger charge is 2.19. The highest BCUT2D eigenvalue weighted by atomic mass is 19.2. The van der Waals surface area contributed by atoms with Crippen LogP contribution in [0.2, 0.25) is 0 Å². The maximum Gasteiger partial charge on any atom is 0.159 e. The first-order valence-electron chi connectivity index (χ1n) is 15.3. The third-order valence-corrected chi connectivity index (χ3v) is 7.28. The van der Waals surface area contributed by atoms with Crippen LogP contribution < -0.4 is 22.1 Å². The zero-order valence-corrected chi connectivity index (χ0v) is 27.3. The first kappa shape index (κ1) is 37.5. The van der Waals surface area contributed by atoms with Crippen LogP contribution in [0.15, 0.2) is 99.5 Å². The molecule has 0 spiro atoms. The van der Waals surface area contributed by atoms with Gasteiger partial charge in [0.25, 0.3) is 0 Å². The summed E-state index contributed by atoms with van der Waals surface area (Å²) in [4.78, 5) is 13.2. The van der Waals surface area contributed by atoms with Crippen LogP contribution in [0.25, 0.3) is 5.70 Å². The first-order valence-corrected chi connectivity index (χ1v) is 15.3. The second kappa shape index (κ2) is 19.6. The number of nitrogens with one attached hydrogen (secondary N) is 2. The van der Waals surface area contributed by atoms with Crippen LogP contribution in [0.4, 0.5) is 8.78 Å². The number of nitriles is 1. The van der Waals surface area contributed by atoms with Gasteiger partial charge in [0.15, 0.2) is 17.3 Å². The second-order valence-corrected chi connectivity index (χ2v) is 10.6. The van der Waals surface area contributed by atoms with E-state index in [1.807, 2.05) is 63.3 Å². The zero-order chi connectivity index (χ0) is 34.1. The molecule has 1 aliphatic heterocycles. The molecule has 1 fully saturated rings. The molecule has 46 heavy (non-hydrogen) atoms. The summed E-state index contributed by atoms with van der Waals surface area (Å²) in [5.41, 5.74) is 16.5. The van der Waals surface area contributed by atoms with Crippen LogP contribution in [-0.2, 0) is 6.42 Å². The van der Waals surface area contributed by atoms with Crippen molar-refractivity contribution in [3.05, 3.63) is 113 Å². The number of aliphatic imine (C=N–C) groups is 3. The number of rotatable bonds is 14. The molecule has 10 heteroatoms. The van der Waals surface area contributed by atoms with E-state index in [1.165, 1.54) is 25.4 Å². The number of hydrogen-bond donors (Lipinski definition) is 4. The average molecular weight is 629 g/mol. The van der Waals surface area contributed by atoms with Gasteiger partial charge < -0.3 is 22.1 Å². The Kier molecular flexibility index (Phi) is 16.0. The van der Waals surface area contributed by atoms with Crippen LogP contribution in [0, 0.1) is 28.9 Å². The maximum absolute atomic E-state index is 14.0. The molecule has 1 aliphatic rings. The number of nitrogens with two attached hydrogens (primary N) is 2. The smallest absolute Gasteiger partial charge is 0.159 e. The minimum Gasteiger partial charge on any atom is -0.398 e. The predicted molar refractivity (Wildman–Crippen MR) is 187 cm³/mol. The molecule has 1 saturated heterocycles. The lowest BCUT2D eigenvalue weighted by Gasteiger charge is -2.20. The van der Waals surface area contributed by atoms with E-state index < -0.39 is 11.6 Å². The van der Waals surface area contributed by atoms with E-state index in [0.717, 1.165) is 54.5 Å². The van der Waals surface area contributed by atoms with Crippen molar-refractivity contribution in [1.82, 2.24) is 10.6 Å². The summed E-state index contributed by atoms with van der Waals surface area (Å²) in [7, 11) is 1.50. The van der Waals surface area contributed by atoms with Gasteiger partial charge in [0.2, 0.25) is 0 Å². The monoisotopic (exact) mass is 628 g/mol. The summed E-state index contributed by atoms with van der Waals surface area (Å²) in [5.74, 6) is -1.33. The normalized spacial score (nSPS) is 16.7. The van der Waals surface area contributed by atoms with Gasteiger partial charge in [0.05, 0.1) is 29.0 Å². The molecule has 2 atom stereocenters. The van der Waals surface area contributed by atoms with Gasteiger partial charge in [-0.1, -0.05) is 56.0 Å². The Morgan fingerprint density at radius 2 is 1.87 bits per heavy atom. The Balaban J connectivity index is 0.00000361. The third kappa shape index (κ3) is 11.3. The molecule has 2 unspecified atom stereocenters. The molecule has 0 bridgehead atoms. The lowest BCUT2D eigenvalue weighted by Crippen LogP contribution is -2.25. The quantitative estimate of drug-likeness (QED) is 0.140. The summed E-state index contributed by atoms with van der Waals surface area (Å²) in [6, 6.07) is 13.5. The Hall–Kier alpha value is -4.72. The first-order chi connectivity index (χ1) is 22.2. The maximum atomic E-state index is 14.0. The zero-order valence-electron chi connectivity index (χ0n) is 27.3. The fourth-order valence-electron chi connectivity index (χ4n) is 4.91. The highest BCUT2D eigenvalue weighted by molar-refractivity contribution is 6.02. The van der Waals surface area contributed by atoms with Gasteiger partial charge in [0, 0.05) is 18.2 Å². The minimum atomic E-state index is -0.916. The molecule has 0 aliphatic carbocycles. The van der Waals surface area contributed by atoms with Crippen LogP contribution in [0.5, 0.6) is 0 Å². The molecule has 0 aromatic heterocycles. The molecule has 0 amide bonds. The van der Waals surface area contributed by atoms with E-state index in [0.29, 0.717) is 41.4 Å². The van der Waals surface area contributed by atoms with Crippen molar-refractivity contribution in [3.63, 3.8) is 0 Å². The second-order valence-electron chi connectivity index (χ2n) is 10.6. The molecular formula is C36H46F2N8. The molecule has 0 radical (unpaired) electrons. The summed E-state index contributed by atoms with van der Waals surface area (Å²) in [6.07, 6.45) is 8.12. The molecule has 3 rings (SSSR count). The lowest BCUT2D eigenvalue weighted by atomic mass is 9.99. The Labute approximate surface area is 272 Å². The van der Waals surface area contributed by atoms with E-state index in [4.69, 9.17) is 10.7 Å². The van der Waals surface area contributed by atoms with Crippen molar-refractivity contribution in [3.8, 4) is 6.07 Å². The molecular weight excluding hydrogens is 582 g/mol. The molecule has 244 valence electrons. The Morgan fingerprint density at radius 1 is 1.15 bits per heavy atom. The molecule has 2 aromatic carbocycles. The third-order valence-electron chi connectivity index (χ3n) is 7.28. The number of allylic oxidation sites excluding steroid dienone is 5. The van der Waals surface area contributed by atoms with Crippen molar-refractivity contribution in [2.75, 3.05) is 20.1 Å². The van der Waals surface area contributed by atoms with E-state index in [1.54, 1.807) is 0 Å². The number of benzene rings is 2. The van der Waals surface area contributed by atoms with Crippen LogP contribution in [-0.4, -0.2) is 38.3 Å². The van der Waals surface area contributed by atoms with E-state index in [9.17, 15) is 14.0 Å². The van der Waals surface area contributed by atoms with Gasteiger partial charge in [-0.15, -0.1) is 0 Å². The van der Waals surface area contributed by atoms with Gasteiger partial charge >= 0.3 is 0 Å². The van der Waals surface area contributed by atoms with Crippen LogP contribution >= 0.6 is 0 Å². The predicted octanol–water partition coefficient (Wildman–Crippen LogP) is 6.51. The van der Waals surface area contributed by atoms with Crippen molar-refractivity contribution in [1.29, 1.82) is 5.26 Å². The Bertz CT molecular complexity index is 1520. The van der Waals surface area contributed by atoms with Crippen molar-refractivity contribution in [2.45, 2.75) is 52.5 Å². The van der Waals surface area contributed by atoms with E-state index >= 15 is 0 Å².